The van der Waals surface area contributed by atoms with E-state index in [1.54, 1.807) is 18.2 Å². The molecule has 1 aromatic carbocycles. The van der Waals surface area contributed by atoms with Gasteiger partial charge in [0.1, 0.15) is 0 Å². The maximum Gasteiger partial charge on any atom is 0.178 e. The summed E-state index contributed by atoms with van der Waals surface area (Å²) in [5.41, 5.74) is 1.91. The molecular formula is C12H9Cl3O. The van der Waals surface area contributed by atoms with Crippen molar-refractivity contribution in [3.05, 3.63) is 52.0 Å². The summed E-state index contributed by atoms with van der Waals surface area (Å²) in [5.74, 6) is 0. The number of alkyl halides is 1. The second kappa shape index (κ2) is 4.42. The van der Waals surface area contributed by atoms with Gasteiger partial charge in [0.05, 0.1) is 5.03 Å². The van der Waals surface area contributed by atoms with Gasteiger partial charge in [-0.2, -0.15) is 0 Å². The van der Waals surface area contributed by atoms with Crippen LogP contribution >= 0.6 is 34.8 Å². The molecule has 0 bridgehead atoms. The summed E-state index contributed by atoms with van der Waals surface area (Å²) in [7, 11) is 0. The van der Waals surface area contributed by atoms with Gasteiger partial charge >= 0.3 is 0 Å². The average Bonchev–Trinajstić information content (AvgIpc) is 2.23. The molecule has 0 saturated heterocycles. The highest BCUT2D eigenvalue weighted by molar-refractivity contribution is 6.39. The molecule has 84 valence electrons. The van der Waals surface area contributed by atoms with E-state index in [-0.39, 0.29) is 11.5 Å². The van der Waals surface area contributed by atoms with Gasteiger partial charge in [0.25, 0.3) is 0 Å². The zero-order valence-corrected chi connectivity index (χ0v) is 10.5. The molecule has 1 aromatic rings. The minimum atomic E-state index is -1.49. The highest BCUT2D eigenvalue weighted by Crippen LogP contribution is 2.39. The SMILES string of the molecule is OC1(Cl)CC(c2ccc(Cl)cc2)=CC=C1Cl. The molecule has 1 N–H and O–H groups in total. The molecule has 0 spiro atoms. The highest BCUT2D eigenvalue weighted by Gasteiger charge is 2.31. The molecule has 16 heavy (non-hydrogen) atoms. The summed E-state index contributed by atoms with van der Waals surface area (Å²) in [6, 6.07) is 7.36. The second-order valence-corrected chi connectivity index (χ2v) is 5.12. The molecule has 0 fully saturated rings. The second-order valence-electron chi connectivity index (χ2n) is 3.65. The van der Waals surface area contributed by atoms with Crippen molar-refractivity contribution in [2.45, 2.75) is 11.5 Å². The van der Waals surface area contributed by atoms with Gasteiger partial charge < -0.3 is 5.11 Å². The predicted octanol–water partition coefficient (Wildman–Crippen LogP) is 4.18. The first-order valence-corrected chi connectivity index (χ1v) is 5.86. The monoisotopic (exact) mass is 274 g/mol. The van der Waals surface area contributed by atoms with Crippen LogP contribution in [0.25, 0.3) is 5.57 Å². The van der Waals surface area contributed by atoms with Crippen molar-refractivity contribution in [3.63, 3.8) is 0 Å². The quantitative estimate of drug-likeness (QED) is 0.762. The fraction of sp³-hybridized carbons (Fsp3) is 0.167. The highest BCUT2D eigenvalue weighted by atomic mass is 35.5. The summed E-state index contributed by atoms with van der Waals surface area (Å²) in [4.78, 5) is 0. The Kier molecular flexibility index (Phi) is 3.32. The van der Waals surface area contributed by atoms with Crippen molar-refractivity contribution in [2.75, 3.05) is 0 Å². The summed E-state index contributed by atoms with van der Waals surface area (Å²) >= 11 is 17.5. The smallest absolute Gasteiger partial charge is 0.178 e. The third kappa shape index (κ3) is 2.44. The number of aliphatic hydroxyl groups is 1. The van der Waals surface area contributed by atoms with Gasteiger partial charge in [-0.25, -0.2) is 0 Å². The summed E-state index contributed by atoms with van der Waals surface area (Å²) in [6.07, 6.45) is 3.75. The molecule has 4 heteroatoms. The maximum absolute atomic E-state index is 9.83. The van der Waals surface area contributed by atoms with Gasteiger partial charge in [-0.3, -0.25) is 0 Å². The lowest BCUT2D eigenvalue weighted by Crippen LogP contribution is -2.23. The van der Waals surface area contributed by atoms with E-state index in [4.69, 9.17) is 34.8 Å². The summed E-state index contributed by atoms with van der Waals surface area (Å²) in [6.45, 7) is 0. The Morgan fingerprint density at radius 2 is 1.69 bits per heavy atom. The zero-order valence-electron chi connectivity index (χ0n) is 8.25. The van der Waals surface area contributed by atoms with E-state index in [1.165, 1.54) is 0 Å². The largest absolute Gasteiger partial charge is 0.370 e. The van der Waals surface area contributed by atoms with Gasteiger partial charge in [0.15, 0.2) is 5.06 Å². The van der Waals surface area contributed by atoms with Crippen LogP contribution in [0.4, 0.5) is 0 Å². The van der Waals surface area contributed by atoms with E-state index in [0.717, 1.165) is 11.1 Å². The van der Waals surface area contributed by atoms with Crippen molar-refractivity contribution in [1.29, 1.82) is 0 Å². The normalized spacial score (nSPS) is 25.0. The Bertz CT molecular complexity index is 458. The molecule has 0 saturated carbocycles. The van der Waals surface area contributed by atoms with Crippen LogP contribution in [0.1, 0.15) is 12.0 Å². The van der Waals surface area contributed by atoms with Crippen molar-refractivity contribution in [2.24, 2.45) is 0 Å². The lowest BCUT2D eigenvalue weighted by atomic mass is 9.95. The van der Waals surface area contributed by atoms with Crippen LogP contribution in [0, 0.1) is 0 Å². The number of benzene rings is 1. The zero-order chi connectivity index (χ0) is 11.8. The average molecular weight is 276 g/mol. The van der Waals surface area contributed by atoms with Gasteiger partial charge in [0, 0.05) is 11.4 Å². The molecule has 0 radical (unpaired) electrons. The molecule has 0 amide bonds. The molecule has 0 aromatic heterocycles. The summed E-state index contributed by atoms with van der Waals surface area (Å²) in [5, 5.41) is 9.25. The number of hydrogen-bond donors (Lipinski definition) is 1. The first-order chi connectivity index (χ1) is 7.49. The number of halogens is 3. The van der Waals surface area contributed by atoms with Gasteiger partial charge in [-0.15, -0.1) is 0 Å². The first kappa shape index (κ1) is 12.0. The van der Waals surface area contributed by atoms with E-state index in [1.807, 2.05) is 18.2 Å². The molecule has 0 aliphatic heterocycles. The maximum atomic E-state index is 9.83. The summed E-state index contributed by atoms with van der Waals surface area (Å²) < 4.78 is 0. The minimum Gasteiger partial charge on any atom is -0.370 e. The lowest BCUT2D eigenvalue weighted by molar-refractivity contribution is 0.179. The van der Waals surface area contributed by atoms with Crippen LogP contribution in [-0.4, -0.2) is 10.2 Å². The molecule has 1 aliphatic rings. The third-order valence-corrected chi connectivity index (χ3v) is 3.56. The van der Waals surface area contributed by atoms with Crippen molar-refractivity contribution in [1.82, 2.24) is 0 Å². The van der Waals surface area contributed by atoms with E-state index >= 15 is 0 Å². The molecular weight excluding hydrogens is 266 g/mol. The Morgan fingerprint density at radius 1 is 1.06 bits per heavy atom. The first-order valence-electron chi connectivity index (χ1n) is 4.73. The van der Waals surface area contributed by atoms with E-state index in [9.17, 15) is 5.11 Å². The molecule has 1 atom stereocenters. The van der Waals surface area contributed by atoms with Gasteiger partial charge in [0.2, 0.25) is 0 Å². The Labute approximate surface area is 109 Å². The minimum absolute atomic E-state index is 0.242. The Morgan fingerprint density at radius 3 is 2.25 bits per heavy atom. The van der Waals surface area contributed by atoms with Crippen LogP contribution in [-0.2, 0) is 0 Å². The van der Waals surface area contributed by atoms with E-state index in [2.05, 4.69) is 0 Å². The topological polar surface area (TPSA) is 20.2 Å². The van der Waals surface area contributed by atoms with Crippen molar-refractivity contribution < 1.29 is 5.11 Å². The third-order valence-electron chi connectivity index (χ3n) is 2.44. The molecule has 0 heterocycles. The standard InChI is InChI=1S/C12H9Cl3O/c13-10-4-1-8(2-5-10)9-3-6-11(14)12(15,16)7-9/h1-6,16H,7H2. The van der Waals surface area contributed by atoms with Gasteiger partial charge in [-0.1, -0.05) is 53.0 Å². The molecule has 1 unspecified atom stereocenters. The fourth-order valence-corrected chi connectivity index (χ4v) is 2.02. The van der Waals surface area contributed by atoms with Crippen LogP contribution in [0.2, 0.25) is 5.02 Å². The van der Waals surface area contributed by atoms with Gasteiger partial charge in [-0.05, 0) is 29.3 Å². The molecule has 1 aliphatic carbocycles. The van der Waals surface area contributed by atoms with E-state index < -0.39 is 5.06 Å². The van der Waals surface area contributed by atoms with Crippen LogP contribution in [0.5, 0.6) is 0 Å². The van der Waals surface area contributed by atoms with Crippen molar-refractivity contribution in [3.8, 4) is 0 Å². The molecule has 2 rings (SSSR count). The van der Waals surface area contributed by atoms with Crippen molar-refractivity contribution >= 4 is 40.4 Å². The van der Waals surface area contributed by atoms with E-state index in [0.29, 0.717) is 5.02 Å². The number of rotatable bonds is 1. The molecule has 1 nitrogen and oxygen atoms in total. The lowest BCUT2D eigenvalue weighted by Gasteiger charge is -2.25. The van der Waals surface area contributed by atoms with Crippen LogP contribution in [0.15, 0.2) is 41.4 Å². The Hall–Kier alpha value is -0.470. The fourth-order valence-electron chi connectivity index (χ4n) is 1.56. The van der Waals surface area contributed by atoms with Crippen LogP contribution in [0.3, 0.4) is 0 Å². The van der Waals surface area contributed by atoms with Crippen LogP contribution < -0.4 is 0 Å². The number of allylic oxidation sites excluding steroid dienone is 2. The Balaban J connectivity index is 2.34. The number of hydrogen-bond acceptors (Lipinski definition) is 1. The predicted molar refractivity (Wildman–Crippen MR) is 68.8 cm³/mol.